The number of carbonyl (C=O) groups is 2. The Hall–Kier alpha value is -4.34. The van der Waals surface area contributed by atoms with Crippen LogP contribution in [0.4, 0.5) is 5.69 Å². The molecule has 1 fully saturated rings. The monoisotopic (exact) mass is 673 g/mol. The molecule has 2 amide bonds. The second-order valence-electron chi connectivity index (χ2n) is 11.7. The molecule has 0 aromatic heterocycles. The van der Waals surface area contributed by atoms with Gasteiger partial charge in [0.2, 0.25) is 11.8 Å². The summed E-state index contributed by atoms with van der Waals surface area (Å²) in [7, 11) is -2.66. The molecule has 1 aliphatic rings. The first-order chi connectivity index (χ1) is 22.7. The smallest absolute Gasteiger partial charge is 0.264 e. The van der Waals surface area contributed by atoms with Crippen LogP contribution in [0.1, 0.15) is 43.2 Å². The fourth-order valence-electron chi connectivity index (χ4n) is 5.93. The highest BCUT2D eigenvalue weighted by Gasteiger charge is 2.35. The number of rotatable bonds is 13. The molecule has 4 aromatic rings. The first kappa shape index (κ1) is 34.0. The van der Waals surface area contributed by atoms with Gasteiger partial charge >= 0.3 is 0 Å². The molecule has 0 radical (unpaired) electrons. The van der Waals surface area contributed by atoms with Crippen molar-refractivity contribution < 1.29 is 22.7 Å². The summed E-state index contributed by atoms with van der Waals surface area (Å²) in [5.74, 6) is -0.250. The van der Waals surface area contributed by atoms with Gasteiger partial charge in [0.25, 0.3) is 10.0 Å². The average molecular weight is 674 g/mol. The molecule has 1 N–H and O–H groups in total. The minimum absolute atomic E-state index is 0.0203. The van der Waals surface area contributed by atoms with Crippen LogP contribution in [0.25, 0.3) is 0 Å². The highest BCUT2D eigenvalue weighted by molar-refractivity contribution is 7.92. The lowest BCUT2D eigenvalue weighted by atomic mass is 9.94. The Balaban J connectivity index is 1.56. The number of benzene rings is 4. The maximum absolute atomic E-state index is 14.6. The van der Waals surface area contributed by atoms with E-state index < -0.39 is 28.5 Å². The quantitative estimate of drug-likeness (QED) is 0.172. The Morgan fingerprint density at radius 2 is 1.49 bits per heavy atom. The maximum Gasteiger partial charge on any atom is 0.264 e. The number of hydrogen-bond acceptors (Lipinski definition) is 5. The standard InChI is InChI=1S/C37H40ClN3O5S/c1-46-33-22-20-32(21-23-33)41(47(44,45)34-18-9-4-10-19-34)27-36(42)40(26-29-14-11-15-30(38)24-29)35(25-28-12-5-2-6-13-28)37(43)39-31-16-7-3-8-17-31/h2,4-6,9-15,18-24,31,35H,3,7-8,16-17,25-27H2,1H3,(H,39,43)/t35-/m0/s1. The van der Waals surface area contributed by atoms with Crippen molar-refractivity contribution in [1.29, 1.82) is 0 Å². The number of sulfonamides is 1. The average Bonchev–Trinajstić information content (AvgIpc) is 3.10. The lowest BCUT2D eigenvalue weighted by molar-refractivity contribution is -0.140. The molecule has 0 unspecified atom stereocenters. The highest BCUT2D eigenvalue weighted by Crippen LogP contribution is 2.27. The number of ether oxygens (including phenoxy) is 1. The molecule has 1 atom stereocenters. The first-order valence-electron chi connectivity index (χ1n) is 15.8. The van der Waals surface area contributed by atoms with Gasteiger partial charge in [0.05, 0.1) is 17.7 Å². The molecule has 8 nitrogen and oxygen atoms in total. The Morgan fingerprint density at radius 3 is 2.13 bits per heavy atom. The van der Waals surface area contributed by atoms with Crippen molar-refractivity contribution in [2.45, 2.75) is 62.0 Å². The molecule has 5 rings (SSSR count). The summed E-state index contributed by atoms with van der Waals surface area (Å²) < 4.78 is 34.6. The van der Waals surface area contributed by atoms with Gasteiger partial charge in [-0.2, -0.15) is 0 Å². The number of nitrogens with one attached hydrogen (secondary N) is 1. The van der Waals surface area contributed by atoms with Crippen molar-refractivity contribution in [1.82, 2.24) is 10.2 Å². The van der Waals surface area contributed by atoms with Crippen LogP contribution in [0.15, 0.2) is 114 Å². The number of hydrogen-bond donors (Lipinski definition) is 1. The topological polar surface area (TPSA) is 96.0 Å². The number of nitrogens with zero attached hydrogens (tertiary/aromatic N) is 2. The van der Waals surface area contributed by atoms with Crippen molar-refractivity contribution >= 4 is 39.1 Å². The largest absolute Gasteiger partial charge is 0.497 e. The number of amides is 2. The van der Waals surface area contributed by atoms with Gasteiger partial charge in [0.15, 0.2) is 0 Å². The number of methoxy groups -OCH3 is 1. The van der Waals surface area contributed by atoms with E-state index in [0.717, 1.165) is 47.5 Å². The Kier molecular flexibility index (Phi) is 11.6. The van der Waals surface area contributed by atoms with Crippen molar-refractivity contribution in [3.63, 3.8) is 0 Å². The minimum Gasteiger partial charge on any atom is -0.497 e. The molecule has 1 saturated carbocycles. The van der Waals surface area contributed by atoms with E-state index in [9.17, 15) is 18.0 Å². The van der Waals surface area contributed by atoms with Crippen LogP contribution < -0.4 is 14.4 Å². The molecule has 47 heavy (non-hydrogen) atoms. The summed E-state index contributed by atoms with van der Waals surface area (Å²) in [6, 6.07) is 30.3. The van der Waals surface area contributed by atoms with Crippen LogP contribution in [0.3, 0.4) is 0 Å². The fourth-order valence-corrected chi connectivity index (χ4v) is 7.58. The van der Waals surface area contributed by atoms with Crippen LogP contribution in [0, 0.1) is 0 Å². The van der Waals surface area contributed by atoms with Crippen LogP contribution in [0.5, 0.6) is 5.75 Å². The molecule has 1 aliphatic carbocycles. The number of anilines is 1. The summed E-state index contributed by atoms with van der Waals surface area (Å²) >= 11 is 6.34. The van der Waals surface area contributed by atoms with Gasteiger partial charge in [-0.05, 0) is 72.5 Å². The van der Waals surface area contributed by atoms with E-state index >= 15 is 0 Å². The van der Waals surface area contributed by atoms with Crippen LogP contribution in [-0.4, -0.2) is 50.9 Å². The number of halogens is 1. The van der Waals surface area contributed by atoms with Gasteiger partial charge < -0.3 is 15.0 Å². The van der Waals surface area contributed by atoms with Crippen LogP contribution in [-0.2, 0) is 32.6 Å². The van der Waals surface area contributed by atoms with Gasteiger partial charge in [-0.3, -0.25) is 13.9 Å². The second kappa shape index (κ2) is 16.0. The predicted molar refractivity (Wildman–Crippen MR) is 185 cm³/mol. The molecule has 0 heterocycles. The summed E-state index contributed by atoms with van der Waals surface area (Å²) in [5, 5.41) is 3.71. The summed E-state index contributed by atoms with van der Waals surface area (Å²) in [4.78, 5) is 30.4. The van der Waals surface area contributed by atoms with Crippen molar-refractivity contribution in [2.24, 2.45) is 0 Å². The van der Waals surface area contributed by atoms with Gasteiger partial charge in [0, 0.05) is 24.0 Å². The second-order valence-corrected chi connectivity index (χ2v) is 14.0. The van der Waals surface area contributed by atoms with E-state index in [4.69, 9.17) is 16.3 Å². The lowest BCUT2D eigenvalue weighted by Crippen LogP contribution is -2.55. The molecule has 246 valence electrons. The van der Waals surface area contributed by atoms with Crippen molar-refractivity contribution in [3.05, 3.63) is 125 Å². The van der Waals surface area contributed by atoms with E-state index in [0.29, 0.717) is 10.8 Å². The SMILES string of the molecule is COc1ccc(N(CC(=O)N(Cc2cccc(Cl)c2)[C@@H](Cc2ccccc2)C(=O)NC2CCCCC2)S(=O)(=O)c2ccccc2)cc1. The predicted octanol–water partition coefficient (Wildman–Crippen LogP) is 6.63. The Labute approximate surface area is 282 Å². The Bertz CT molecular complexity index is 1730. The first-order valence-corrected chi connectivity index (χ1v) is 17.7. The summed E-state index contributed by atoms with van der Waals surface area (Å²) in [6.45, 7) is -0.483. The Morgan fingerprint density at radius 1 is 0.851 bits per heavy atom. The van der Waals surface area contributed by atoms with Gasteiger partial charge in [-0.25, -0.2) is 8.42 Å². The normalized spacial score (nSPS) is 14.2. The zero-order valence-electron chi connectivity index (χ0n) is 26.4. The molecule has 10 heteroatoms. The minimum atomic E-state index is -4.19. The van der Waals surface area contributed by atoms with E-state index in [1.165, 1.54) is 24.1 Å². The molecular formula is C37H40ClN3O5S. The van der Waals surface area contributed by atoms with E-state index in [1.54, 1.807) is 60.7 Å². The molecule has 4 aromatic carbocycles. The highest BCUT2D eigenvalue weighted by atomic mass is 35.5. The fraction of sp³-hybridized carbons (Fsp3) is 0.297. The zero-order chi connectivity index (χ0) is 33.2. The van der Waals surface area contributed by atoms with Crippen molar-refractivity contribution in [2.75, 3.05) is 18.0 Å². The van der Waals surface area contributed by atoms with Crippen LogP contribution >= 0.6 is 11.6 Å². The third kappa shape index (κ3) is 8.93. The van der Waals surface area contributed by atoms with Gasteiger partial charge in [-0.15, -0.1) is 0 Å². The van der Waals surface area contributed by atoms with Gasteiger partial charge in [-0.1, -0.05) is 91.5 Å². The molecule has 0 bridgehead atoms. The van der Waals surface area contributed by atoms with E-state index in [-0.39, 0.29) is 35.5 Å². The third-order valence-corrected chi connectivity index (χ3v) is 10.5. The number of carbonyl (C=O) groups excluding carboxylic acids is 2. The summed E-state index contributed by atoms with van der Waals surface area (Å²) in [5.41, 5.74) is 1.89. The van der Waals surface area contributed by atoms with Crippen LogP contribution in [0.2, 0.25) is 5.02 Å². The summed E-state index contributed by atoms with van der Waals surface area (Å²) in [6.07, 6.45) is 5.22. The molecule has 0 spiro atoms. The van der Waals surface area contributed by atoms with Gasteiger partial charge in [0.1, 0.15) is 18.3 Å². The van der Waals surface area contributed by atoms with E-state index in [2.05, 4.69) is 5.32 Å². The van der Waals surface area contributed by atoms with Crippen molar-refractivity contribution in [3.8, 4) is 5.75 Å². The van der Waals surface area contributed by atoms with E-state index in [1.807, 2.05) is 36.4 Å². The maximum atomic E-state index is 14.6. The zero-order valence-corrected chi connectivity index (χ0v) is 28.0. The third-order valence-electron chi connectivity index (χ3n) is 8.44. The molecule has 0 aliphatic heterocycles. The molecule has 0 saturated heterocycles. The lowest BCUT2D eigenvalue weighted by Gasteiger charge is -2.35. The molecular weight excluding hydrogens is 634 g/mol.